The lowest BCUT2D eigenvalue weighted by molar-refractivity contribution is 0.101. The van der Waals surface area contributed by atoms with Gasteiger partial charge in [0.2, 0.25) is 0 Å². The normalized spacial score (nSPS) is 19.9. The van der Waals surface area contributed by atoms with Gasteiger partial charge in [0.05, 0.1) is 0 Å². The minimum absolute atomic E-state index is 0.143. The van der Waals surface area contributed by atoms with E-state index in [1.807, 2.05) is 12.1 Å². The molecule has 0 amide bonds. The first-order valence-electron chi connectivity index (χ1n) is 6.09. The van der Waals surface area contributed by atoms with E-state index in [1.165, 1.54) is 31.4 Å². The van der Waals surface area contributed by atoms with Gasteiger partial charge in [-0.1, -0.05) is 24.3 Å². The standard InChI is InChI=1S/C14H19NO/c1-11(16)13-7-4-12(5-8-13)6-9-14-3-2-10-15-14/h4-5,7-8,14-15H,2-3,6,9-10H2,1H3. The SMILES string of the molecule is CC(=O)c1ccc(CCC2CCCN2)cc1. The second-order valence-corrected chi connectivity index (χ2v) is 4.59. The zero-order chi connectivity index (χ0) is 11.4. The highest BCUT2D eigenvalue weighted by molar-refractivity contribution is 5.93. The summed E-state index contributed by atoms with van der Waals surface area (Å²) in [5.41, 5.74) is 2.14. The number of nitrogens with one attached hydrogen (secondary N) is 1. The molecule has 0 aliphatic carbocycles. The predicted molar refractivity (Wildman–Crippen MR) is 65.8 cm³/mol. The fourth-order valence-electron chi connectivity index (χ4n) is 2.25. The van der Waals surface area contributed by atoms with E-state index < -0.39 is 0 Å². The molecule has 1 unspecified atom stereocenters. The molecule has 1 heterocycles. The minimum atomic E-state index is 0.143. The summed E-state index contributed by atoms with van der Waals surface area (Å²) in [6.07, 6.45) is 4.94. The molecule has 2 rings (SSSR count). The molecule has 0 aromatic heterocycles. The Morgan fingerprint density at radius 2 is 2.12 bits per heavy atom. The third-order valence-corrected chi connectivity index (χ3v) is 3.30. The van der Waals surface area contributed by atoms with Gasteiger partial charge >= 0.3 is 0 Å². The maximum absolute atomic E-state index is 11.1. The smallest absolute Gasteiger partial charge is 0.159 e. The van der Waals surface area contributed by atoms with Crippen molar-refractivity contribution in [3.63, 3.8) is 0 Å². The number of hydrogen-bond donors (Lipinski definition) is 1. The van der Waals surface area contributed by atoms with Crippen LogP contribution < -0.4 is 5.32 Å². The van der Waals surface area contributed by atoms with Crippen LogP contribution in [0.4, 0.5) is 0 Å². The molecular formula is C14H19NO. The first kappa shape index (κ1) is 11.3. The number of ketones is 1. The molecule has 1 fully saturated rings. The van der Waals surface area contributed by atoms with Gasteiger partial charge in [0.25, 0.3) is 0 Å². The predicted octanol–water partition coefficient (Wildman–Crippen LogP) is 2.57. The second-order valence-electron chi connectivity index (χ2n) is 4.59. The number of benzene rings is 1. The molecular weight excluding hydrogens is 198 g/mol. The summed E-state index contributed by atoms with van der Waals surface area (Å²) in [5.74, 6) is 0.143. The topological polar surface area (TPSA) is 29.1 Å². The monoisotopic (exact) mass is 217 g/mol. The summed E-state index contributed by atoms with van der Waals surface area (Å²) in [5, 5.41) is 3.50. The Morgan fingerprint density at radius 3 is 2.69 bits per heavy atom. The van der Waals surface area contributed by atoms with E-state index in [0.717, 1.165) is 12.0 Å². The van der Waals surface area contributed by atoms with E-state index in [0.29, 0.717) is 6.04 Å². The fourth-order valence-corrected chi connectivity index (χ4v) is 2.25. The molecule has 86 valence electrons. The van der Waals surface area contributed by atoms with Gasteiger partial charge in [0.15, 0.2) is 5.78 Å². The quantitative estimate of drug-likeness (QED) is 0.785. The van der Waals surface area contributed by atoms with Crippen molar-refractivity contribution in [2.75, 3.05) is 6.54 Å². The van der Waals surface area contributed by atoms with Crippen LogP contribution in [0.15, 0.2) is 24.3 Å². The van der Waals surface area contributed by atoms with Crippen molar-refractivity contribution in [2.24, 2.45) is 0 Å². The molecule has 16 heavy (non-hydrogen) atoms. The van der Waals surface area contributed by atoms with E-state index in [9.17, 15) is 4.79 Å². The maximum Gasteiger partial charge on any atom is 0.159 e. The van der Waals surface area contributed by atoms with Gasteiger partial charge in [-0.25, -0.2) is 0 Å². The van der Waals surface area contributed by atoms with Crippen molar-refractivity contribution in [3.8, 4) is 0 Å². The van der Waals surface area contributed by atoms with Crippen LogP contribution in [0, 0.1) is 0 Å². The molecule has 2 heteroatoms. The third kappa shape index (κ3) is 2.92. The molecule has 0 spiro atoms. The van der Waals surface area contributed by atoms with Crippen LogP contribution in [0.25, 0.3) is 0 Å². The van der Waals surface area contributed by atoms with Crippen LogP contribution in [0.5, 0.6) is 0 Å². The maximum atomic E-state index is 11.1. The average molecular weight is 217 g/mol. The lowest BCUT2D eigenvalue weighted by Crippen LogP contribution is -2.21. The van der Waals surface area contributed by atoms with Gasteiger partial charge in [0, 0.05) is 11.6 Å². The Morgan fingerprint density at radius 1 is 1.38 bits per heavy atom. The molecule has 0 saturated carbocycles. The lowest BCUT2D eigenvalue weighted by Gasteiger charge is -2.09. The van der Waals surface area contributed by atoms with Crippen molar-refractivity contribution in [1.82, 2.24) is 5.32 Å². The molecule has 1 aromatic carbocycles. The average Bonchev–Trinajstić information content (AvgIpc) is 2.80. The zero-order valence-electron chi connectivity index (χ0n) is 9.83. The molecule has 1 aliphatic rings. The van der Waals surface area contributed by atoms with Crippen LogP contribution in [-0.4, -0.2) is 18.4 Å². The van der Waals surface area contributed by atoms with Gasteiger partial charge in [-0.15, -0.1) is 0 Å². The van der Waals surface area contributed by atoms with E-state index in [1.54, 1.807) is 6.92 Å². The van der Waals surface area contributed by atoms with Crippen LogP contribution in [0.3, 0.4) is 0 Å². The number of aryl methyl sites for hydroxylation is 1. The Labute approximate surface area is 97.1 Å². The molecule has 1 N–H and O–H groups in total. The Bertz CT molecular complexity index is 350. The fraction of sp³-hybridized carbons (Fsp3) is 0.500. The highest BCUT2D eigenvalue weighted by Gasteiger charge is 2.13. The third-order valence-electron chi connectivity index (χ3n) is 3.30. The lowest BCUT2D eigenvalue weighted by atomic mass is 10.0. The van der Waals surface area contributed by atoms with Crippen molar-refractivity contribution in [3.05, 3.63) is 35.4 Å². The van der Waals surface area contributed by atoms with Crippen molar-refractivity contribution >= 4 is 5.78 Å². The molecule has 1 aliphatic heterocycles. The van der Waals surface area contributed by atoms with Crippen LogP contribution in [0.1, 0.15) is 42.1 Å². The van der Waals surface area contributed by atoms with Gasteiger partial charge in [-0.2, -0.15) is 0 Å². The minimum Gasteiger partial charge on any atom is -0.314 e. The van der Waals surface area contributed by atoms with Gasteiger partial charge in [-0.05, 0) is 44.7 Å². The summed E-state index contributed by atoms with van der Waals surface area (Å²) in [4.78, 5) is 11.1. The van der Waals surface area contributed by atoms with Gasteiger partial charge in [0.1, 0.15) is 0 Å². The van der Waals surface area contributed by atoms with E-state index in [2.05, 4.69) is 17.4 Å². The van der Waals surface area contributed by atoms with Gasteiger partial charge in [-0.3, -0.25) is 4.79 Å². The highest BCUT2D eigenvalue weighted by Crippen LogP contribution is 2.13. The molecule has 1 saturated heterocycles. The number of hydrogen-bond acceptors (Lipinski definition) is 2. The van der Waals surface area contributed by atoms with E-state index in [-0.39, 0.29) is 5.78 Å². The van der Waals surface area contributed by atoms with Crippen LogP contribution in [0.2, 0.25) is 0 Å². The summed E-state index contributed by atoms with van der Waals surface area (Å²) in [6, 6.07) is 8.71. The van der Waals surface area contributed by atoms with E-state index >= 15 is 0 Å². The highest BCUT2D eigenvalue weighted by atomic mass is 16.1. The molecule has 1 aromatic rings. The first-order valence-corrected chi connectivity index (χ1v) is 6.09. The Hall–Kier alpha value is -1.15. The number of rotatable bonds is 4. The summed E-state index contributed by atoms with van der Waals surface area (Å²) in [6.45, 7) is 2.78. The van der Waals surface area contributed by atoms with E-state index in [4.69, 9.17) is 0 Å². The Kier molecular flexibility index (Phi) is 3.73. The first-order chi connectivity index (χ1) is 7.75. The molecule has 2 nitrogen and oxygen atoms in total. The number of carbonyl (C=O) groups excluding carboxylic acids is 1. The summed E-state index contributed by atoms with van der Waals surface area (Å²) < 4.78 is 0. The summed E-state index contributed by atoms with van der Waals surface area (Å²) in [7, 11) is 0. The molecule has 0 bridgehead atoms. The van der Waals surface area contributed by atoms with Crippen molar-refractivity contribution in [1.29, 1.82) is 0 Å². The Balaban J connectivity index is 1.87. The van der Waals surface area contributed by atoms with Crippen molar-refractivity contribution < 1.29 is 4.79 Å². The van der Waals surface area contributed by atoms with Gasteiger partial charge < -0.3 is 5.32 Å². The van der Waals surface area contributed by atoms with Crippen molar-refractivity contribution in [2.45, 2.75) is 38.6 Å². The molecule has 1 atom stereocenters. The zero-order valence-corrected chi connectivity index (χ0v) is 9.83. The summed E-state index contributed by atoms with van der Waals surface area (Å²) >= 11 is 0. The van der Waals surface area contributed by atoms with Crippen LogP contribution in [-0.2, 0) is 6.42 Å². The number of Topliss-reactive ketones (excluding diaryl/α,β-unsaturated/α-hetero) is 1. The van der Waals surface area contributed by atoms with Crippen LogP contribution >= 0.6 is 0 Å². The molecule has 0 radical (unpaired) electrons. The second kappa shape index (κ2) is 5.26. The largest absolute Gasteiger partial charge is 0.314 e. The number of carbonyl (C=O) groups is 1.